The van der Waals surface area contributed by atoms with Crippen LogP contribution in [0.5, 0.6) is 0 Å². The summed E-state index contributed by atoms with van der Waals surface area (Å²) in [5.74, 6) is 0. The molecule has 2 heterocycles. The molecule has 1 atom stereocenters. The van der Waals surface area contributed by atoms with Crippen LogP contribution in [-0.2, 0) is 13.0 Å². The molecule has 0 fully saturated rings. The Morgan fingerprint density at radius 1 is 1.56 bits per heavy atom. The second-order valence-electron chi connectivity index (χ2n) is 3.76. The van der Waals surface area contributed by atoms with Gasteiger partial charge in [-0.25, -0.2) is 4.98 Å². The highest BCUT2D eigenvalue weighted by Gasteiger charge is 2.06. The third kappa shape index (κ3) is 2.72. The Morgan fingerprint density at radius 3 is 3.00 bits per heavy atom. The Kier molecular flexibility index (Phi) is 3.78. The van der Waals surface area contributed by atoms with Crippen LogP contribution >= 0.6 is 27.3 Å². The van der Waals surface area contributed by atoms with Gasteiger partial charge in [0.15, 0.2) is 0 Å². The molecule has 0 aromatic carbocycles. The Balaban J connectivity index is 2.02. The molecular weight excluding hydrogens is 286 g/mol. The molecule has 2 rings (SSSR count). The number of nitrogens with zero attached hydrogens (tertiary/aromatic N) is 2. The van der Waals surface area contributed by atoms with Crippen molar-refractivity contribution in [2.24, 2.45) is 5.73 Å². The van der Waals surface area contributed by atoms with Crippen LogP contribution in [0, 0.1) is 0 Å². The molecule has 2 N–H and O–H groups in total. The average Bonchev–Trinajstić information content (AvgIpc) is 2.83. The molecule has 0 amide bonds. The van der Waals surface area contributed by atoms with Crippen LogP contribution < -0.4 is 5.73 Å². The summed E-state index contributed by atoms with van der Waals surface area (Å²) in [6.45, 7) is 2.92. The molecule has 0 aliphatic rings. The van der Waals surface area contributed by atoms with E-state index >= 15 is 0 Å². The number of rotatable bonds is 4. The highest BCUT2D eigenvalue weighted by Crippen LogP contribution is 2.23. The predicted molar refractivity (Wildman–Crippen MR) is 70.6 cm³/mol. The fourth-order valence-corrected chi connectivity index (χ4v) is 3.09. The fraction of sp³-hybridized carbons (Fsp3) is 0.364. The highest BCUT2D eigenvalue weighted by molar-refractivity contribution is 9.11. The molecule has 3 nitrogen and oxygen atoms in total. The molecule has 0 saturated heterocycles. The SMILES string of the molecule is C[C@H](N)c1cncn1CCc1ccc(Br)s1. The third-order valence-electron chi connectivity index (χ3n) is 2.44. The lowest BCUT2D eigenvalue weighted by molar-refractivity contribution is 0.627. The van der Waals surface area contributed by atoms with E-state index in [1.165, 1.54) is 8.66 Å². The summed E-state index contributed by atoms with van der Waals surface area (Å²) >= 11 is 5.24. The van der Waals surface area contributed by atoms with Crippen LogP contribution in [0.3, 0.4) is 0 Å². The van der Waals surface area contributed by atoms with Gasteiger partial charge in [0.25, 0.3) is 0 Å². The fourth-order valence-electron chi connectivity index (χ4n) is 1.61. The van der Waals surface area contributed by atoms with Crippen LogP contribution in [0.1, 0.15) is 23.5 Å². The number of hydrogen-bond donors (Lipinski definition) is 1. The number of thiophene rings is 1. The molecular formula is C11H14BrN3S. The first kappa shape index (κ1) is 11.8. The van der Waals surface area contributed by atoms with Crippen molar-refractivity contribution in [2.45, 2.75) is 25.9 Å². The maximum absolute atomic E-state index is 5.87. The Hall–Kier alpha value is -0.650. The normalized spacial score (nSPS) is 12.9. The maximum atomic E-state index is 5.87. The quantitative estimate of drug-likeness (QED) is 0.943. The molecule has 0 aliphatic carbocycles. The smallest absolute Gasteiger partial charge is 0.0948 e. The molecule has 0 radical (unpaired) electrons. The Morgan fingerprint density at radius 2 is 2.38 bits per heavy atom. The van der Waals surface area contributed by atoms with E-state index in [4.69, 9.17) is 5.73 Å². The lowest BCUT2D eigenvalue weighted by Crippen LogP contribution is -2.12. The van der Waals surface area contributed by atoms with E-state index in [0.717, 1.165) is 18.7 Å². The summed E-state index contributed by atoms with van der Waals surface area (Å²) in [4.78, 5) is 5.51. The molecule has 86 valence electrons. The third-order valence-corrected chi connectivity index (χ3v) is 4.12. The van der Waals surface area contributed by atoms with E-state index in [2.05, 4.69) is 37.6 Å². The number of halogens is 1. The Labute approximate surface area is 107 Å². The molecule has 0 spiro atoms. The molecule has 0 bridgehead atoms. The summed E-state index contributed by atoms with van der Waals surface area (Å²) in [6.07, 6.45) is 4.71. The average molecular weight is 300 g/mol. The number of hydrogen-bond acceptors (Lipinski definition) is 3. The largest absolute Gasteiger partial charge is 0.333 e. The van der Waals surface area contributed by atoms with Crippen molar-refractivity contribution >= 4 is 27.3 Å². The summed E-state index contributed by atoms with van der Waals surface area (Å²) in [5, 5.41) is 0. The van der Waals surface area contributed by atoms with E-state index in [9.17, 15) is 0 Å². The van der Waals surface area contributed by atoms with Crippen molar-refractivity contribution in [1.29, 1.82) is 0 Å². The summed E-state index contributed by atoms with van der Waals surface area (Å²) in [5.41, 5.74) is 6.96. The zero-order valence-electron chi connectivity index (χ0n) is 9.06. The van der Waals surface area contributed by atoms with Gasteiger partial charge in [-0.05, 0) is 41.4 Å². The van der Waals surface area contributed by atoms with Crippen LogP contribution in [0.2, 0.25) is 0 Å². The lowest BCUT2D eigenvalue weighted by atomic mass is 10.2. The van der Waals surface area contributed by atoms with Gasteiger partial charge < -0.3 is 10.3 Å². The van der Waals surface area contributed by atoms with Crippen molar-refractivity contribution in [3.8, 4) is 0 Å². The van der Waals surface area contributed by atoms with Crippen LogP contribution in [0.15, 0.2) is 28.4 Å². The lowest BCUT2D eigenvalue weighted by Gasteiger charge is -2.09. The van der Waals surface area contributed by atoms with Gasteiger partial charge in [-0.2, -0.15) is 0 Å². The predicted octanol–water partition coefficient (Wildman–Crippen LogP) is 2.97. The van der Waals surface area contributed by atoms with Gasteiger partial charge in [0.05, 0.1) is 15.8 Å². The summed E-state index contributed by atoms with van der Waals surface area (Å²) < 4.78 is 3.30. The minimum absolute atomic E-state index is 0.0394. The van der Waals surface area contributed by atoms with E-state index in [-0.39, 0.29) is 6.04 Å². The van der Waals surface area contributed by atoms with Crippen LogP contribution in [0.4, 0.5) is 0 Å². The van der Waals surface area contributed by atoms with E-state index in [0.29, 0.717) is 0 Å². The minimum atomic E-state index is 0.0394. The zero-order valence-corrected chi connectivity index (χ0v) is 11.5. The van der Waals surface area contributed by atoms with Crippen molar-refractivity contribution in [2.75, 3.05) is 0 Å². The van der Waals surface area contributed by atoms with Gasteiger partial charge in [-0.1, -0.05) is 0 Å². The topological polar surface area (TPSA) is 43.8 Å². The second kappa shape index (κ2) is 5.12. The van der Waals surface area contributed by atoms with Crippen LogP contribution in [0.25, 0.3) is 0 Å². The molecule has 0 unspecified atom stereocenters. The first-order valence-electron chi connectivity index (χ1n) is 5.16. The van der Waals surface area contributed by atoms with Crippen molar-refractivity contribution in [3.63, 3.8) is 0 Å². The first-order valence-corrected chi connectivity index (χ1v) is 6.77. The standard InChI is InChI=1S/C11H14BrN3S/c1-8(13)10-6-14-7-15(10)5-4-9-2-3-11(12)16-9/h2-3,6-8H,4-5,13H2,1H3/t8-/m0/s1. The van der Waals surface area contributed by atoms with Crippen molar-refractivity contribution in [3.05, 3.63) is 39.0 Å². The van der Waals surface area contributed by atoms with Crippen molar-refractivity contribution < 1.29 is 0 Å². The monoisotopic (exact) mass is 299 g/mol. The maximum Gasteiger partial charge on any atom is 0.0948 e. The summed E-state index contributed by atoms with van der Waals surface area (Å²) in [6, 6.07) is 4.27. The van der Waals surface area contributed by atoms with Gasteiger partial charge in [-0.3, -0.25) is 0 Å². The number of aromatic nitrogens is 2. The number of nitrogens with two attached hydrogens (primary N) is 1. The van der Waals surface area contributed by atoms with E-state index in [1.807, 2.05) is 19.4 Å². The molecule has 0 aliphatic heterocycles. The molecule has 16 heavy (non-hydrogen) atoms. The highest BCUT2D eigenvalue weighted by atomic mass is 79.9. The van der Waals surface area contributed by atoms with Gasteiger partial charge in [0.1, 0.15) is 0 Å². The van der Waals surface area contributed by atoms with Gasteiger partial charge in [0.2, 0.25) is 0 Å². The van der Waals surface area contributed by atoms with Gasteiger partial charge >= 0.3 is 0 Å². The van der Waals surface area contributed by atoms with Crippen LogP contribution in [-0.4, -0.2) is 9.55 Å². The minimum Gasteiger partial charge on any atom is -0.333 e. The zero-order chi connectivity index (χ0) is 11.5. The van der Waals surface area contributed by atoms with Gasteiger partial charge in [-0.15, -0.1) is 11.3 Å². The molecule has 2 aromatic heterocycles. The Bertz CT molecular complexity index is 461. The number of aryl methyl sites for hydroxylation is 2. The summed E-state index contributed by atoms with van der Waals surface area (Å²) in [7, 11) is 0. The van der Waals surface area contributed by atoms with E-state index < -0.39 is 0 Å². The molecule has 0 saturated carbocycles. The number of imidazole rings is 1. The van der Waals surface area contributed by atoms with Crippen molar-refractivity contribution in [1.82, 2.24) is 9.55 Å². The van der Waals surface area contributed by atoms with Gasteiger partial charge in [0, 0.05) is 23.7 Å². The molecule has 2 aromatic rings. The second-order valence-corrected chi connectivity index (χ2v) is 6.30. The first-order chi connectivity index (χ1) is 7.66. The molecule has 5 heteroatoms. The van der Waals surface area contributed by atoms with E-state index in [1.54, 1.807) is 11.3 Å².